The summed E-state index contributed by atoms with van der Waals surface area (Å²) in [6.07, 6.45) is 17.0. The smallest absolute Gasteiger partial charge is 0.380 e. The van der Waals surface area contributed by atoms with Crippen LogP contribution in [0.15, 0.2) is 0 Å². The second kappa shape index (κ2) is 19.9. The van der Waals surface area contributed by atoms with Gasteiger partial charge in [0.25, 0.3) is 0 Å². The van der Waals surface area contributed by atoms with E-state index >= 15 is 0 Å². The van der Waals surface area contributed by atoms with Gasteiger partial charge in [0.15, 0.2) is 0 Å². The van der Waals surface area contributed by atoms with Crippen molar-refractivity contribution in [1.82, 2.24) is 0 Å². The summed E-state index contributed by atoms with van der Waals surface area (Å²) in [7, 11) is -1.91. The van der Waals surface area contributed by atoms with Gasteiger partial charge in [0.1, 0.15) is 6.10 Å². The quantitative estimate of drug-likeness (QED) is 0.128. The number of hydrogen-bond donors (Lipinski definition) is 0. The molecular formula is C38H78O9Si5. The highest BCUT2D eigenvalue weighted by Gasteiger charge is 2.65. The van der Waals surface area contributed by atoms with Gasteiger partial charge in [-0.2, -0.15) is 0 Å². The van der Waals surface area contributed by atoms with Crippen molar-refractivity contribution in [2.45, 2.75) is 169 Å². The second-order valence-electron chi connectivity index (χ2n) is 17.6. The number of ether oxygens (including phenoxy) is 6. The van der Waals surface area contributed by atoms with Crippen LogP contribution in [0.5, 0.6) is 0 Å². The molecule has 0 spiro atoms. The van der Waals surface area contributed by atoms with Crippen LogP contribution in [-0.4, -0.2) is 141 Å². The van der Waals surface area contributed by atoms with E-state index in [0.717, 1.165) is 122 Å². The molecule has 9 nitrogen and oxygen atoms in total. The molecule has 5 fully saturated rings. The third-order valence-electron chi connectivity index (χ3n) is 13.5. The number of hydrogen-bond acceptors (Lipinski definition) is 9. The molecule has 5 heterocycles. The third kappa shape index (κ3) is 10.6. The molecule has 0 aromatic rings. The van der Waals surface area contributed by atoms with Crippen LogP contribution in [0.2, 0.25) is 18.6 Å². The van der Waals surface area contributed by atoms with Crippen LogP contribution in [0.4, 0.5) is 0 Å². The van der Waals surface area contributed by atoms with Crippen molar-refractivity contribution < 1.29 is 41.7 Å². The molecule has 14 heteroatoms. The second-order valence-corrected chi connectivity index (χ2v) is 28.9. The van der Waals surface area contributed by atoms with Crippen LogP contribution in [-0.2, 0) is 41.7 Å². The Labute approximate surface area is 328 Å². The standard InChI is InChI=1S/C38H78O9Si5/c1-6-45-52(46-7-2,47-8-3)33(34(37(50)20-11-15-25-43-37)38(51(4)5)21-12-16-26-44-38)27-31(36(49)19-10-14-24-42-36)32(40-29-30-28-39-30)17-22-35(48)18-9-13-23-41-35/h30-34,51H,6-29H2,1-5,48-50H3. The van der Waals surface area contributed by atoms with Gasteiger partial charge in [0.05, 0.1) is 43.8 Å². The van der Waals surface area contributed by atoms with Gasteiger partial charge in [-0.25, -0.2) is 0 Å². The van der Waals surface area contributed by atoms with E-state index in [1.54, 1.807) is 0 Å². The molecule has 5 saturated heterocycles. The van der Waals surface area contributed by atoms with Crippen LogP contribution in [0.3, 0.4) is 0 Å². The highest BCUT2D eigenvalue weighted by molar-refractivity contribution is 6.64. The van der Waals surface area contributed by atoms with Gasteiger partial charge >= 0.3 is 8.80 Å². The first-order chi connectivity index (χ1) is 25.0. The van der Waals surface area contributed by atoms with Gasteiger partial charge < -0.3 is 41.7 Å². The maximum Gasteiger partial charge on any atom is 0.504 e. The topological polar surface area (TPSA) is 86.4 Å². The van der Waals surface area contributed by atoms with Gasteiger partial charge in [-0.05, 0) is 117 Å². The Balaban J connectivity index is 1.68. The fourth-order valence-corrected chi connectivity index (χ4v) is 21.2. The molecule has 0 radical (unpaired) electrons. The van der Waals surface area contributed by atoms with Crippen molar-refractivity contribution >= 4 is 48.3 Å². The normalized spacial score (nSPS) is 35.8. The minimum atomic E-state index is -3.36. The van der Waals surface area contributed by atoms with E-state index in [1.807, 2.05) is 0 Å². The van der Waals surface area contributed by atoms with Crippen molar-refractivity contribution in [1.29, 1.82) is 0 Å². The fraction of sp³-hybridized carbons (Fsp3) is 1.00. The van der Waals surface area contributed by atoms with Crippen LogP contribution in [0.25, 0.3) is 0 Å². The van der Waals surface area contributed by atoms with E-state index in [9.17, 15) is 0 Å². The van der Waals surface area contributed by atoms with Crippen LogP contribution in [0.1, 0.15) is 117 Å². The first-order valence-electron chi connectivity index (χ1n) is 21.7. The average Bonchev–Trinajstić information content (AvgIpc) is 3.96. The summed E-state index contributed by atoms with van der Waals surface area (Å²) in [6.45, 7) is 17.9. The molecule has 0 bridgehead atoms. The predicted octanol–water partition coefficient (Wildman–Crippen LogP) is 3.34. The zero-order chi connectivity index (χ0) is 37.3. The van der Waals surface area contributed by atoms with E-state index < -0.39 is 17.6 Å². The molecule has 52 heavy (non-hydrogen) atoms. The lowest BCUT2D eigenvalue weighted by Crippen LogP contribution is -2.69. The Kier molecular flexibility index (Phi) is 16.8. The van der Waals surface area contributed by atoms with Gasteiger partial charge in [-0.15, -0.1) is 0 Å². The average molecular weight is 819 g/mol. The van der Waals surface area contributed by atoms with Crippen LogP contribution in [0, 0.1) is 11.8 Å². The molecule has 5 aliphatic rings. The van der Waals surface area contributed by atoms with Crippen molar-refractivity contribution in [3.63, 3.8) is 0 Å². The van der Waals surface area contributed by atoms with E-state index in [0.29, 0.717) is 26.4 Å². The van der Waals surface area contributed by atoms with Crippen LogP contribution >= 0.6 is 0 Å². The minimum absolute atomic E-state index is 0.00327. The molecule has 0 aromatic carbocycles. The van der Waals surface area contributed by atoms with Crippen molar-refractivity contribution in [2.75, 3.05) is 59.5 Å². The van der Waals surface area contributed by atoms with E-state index in [2.05, 4.69) is 33.9 Å². The lowest BCUT2D eigenvalue weighted by Gasteiger charge is -2.59. The summed E-state index contributed by atoms with van der Waals surface area (Å²) in [4.78, 5) is 0. The highest BCUT2D eigenvalue weighted by Crippen LogP contribution is 2.56. The Morgan fingerprint density at radius 1 is 0.712 bits per heavy atom. The summed E-state index contributed by atoms with van der Waals surface area (Å²) < 4.78 is 62.4. The monoisotopic (exact) mass is 818 g/mol. The molecule has 5 aliphatic heterocycles. The molecule has 0 aromatic heterocycles. The largest absolute Gasteiger partial charge is 0.504 e. The molecule has 0 N–H and O–H groups in total. The van der Waals surface area contributed by atoms with Crippen LogP contribution < -0.4 is 0 Å². The highest BCUT2D eigenvalue weighted by atomic mass is 28.4. The van der Waals surface area contributed by atoms with Crippen molar-refractivity contribution in [2.24, 2.45) is 11.8 Å². The zero-order valence-corrected chi connectivity index (χ0v) is 42.8. The SMILES string of the molecule is CCO[Si](OCC)(OCC)C(CC(C(CCC1([SiH3])CCCCO1)OCC1CO1)C1([SiH3])CCCCO1)C(C1([SiH3])CCCCO1)C1([SiH](C)C)CCCCO1. The van der Waals surface area contributed by atoms with E-state index in [-0.39, 0.29) is 50.5 Å². The fourth-order valence-electron chi connectivity index (χ4n) is 10.7. The molecule has 304 valence electrons. The molecule has 9 unspecified atom stereocenters. The first-order valence-corrected chi connectivity index (χ1v) is 29.4. The Bertz CT molecular complexity index is 1030. The summed E-state index contributed by atoms with van der Waals surface area (Å²) >= 11 is 0. The lowest BCUT2D eigenvalue weighted by molar-refractivity contribution is -0.159. The molecule has 5 rings (SSSR count). The maximum absolute atomic E-state index is 7.34. The summed E-state index contributed by atoms with van der Waals surface area (Å²) in [5, 5.41) is -0.666. The molecule has 0 aliphatic carbocycles. The van der Waals surface area contributed by atoms with Gasteiger partial charge in [-0.1, -0.05) is 13.1 Å². The van der Waals surface area contributed by atoms with Crippen molar-refractivity contribution in [3.8, 4) is 0 Å². The Morgan fingerprint density at radius 2 is 1.25 bits per heavy atom. The summed E-state index contributed by atoms with van der Waals surface area (Å²) in [6, 6.07) is 0. The Morgan fingerprint density at radius 3 is 1.71 bits per heavy atom. The van der Waals surface area contributed by atoms with Gasteiger partial charge in [0.2, 0.25) is 0 Å². The molecule has 0 amide bonds. The molecular weight excluding hydrogens is 741 g/mol. The van der Waals surface area contributed by atoms with E-state index in [1.165, 1.54) is 38.5 Å². The third-order valence-corrected chi connectivity index (χ3v) is 24.1. The van der Waals surface area contributed by atoms with Gasteiger partial charge in [0, 0.05) is 99.6 Å². The first kappa shape index (κ1) is 43.8. The van der Waals surface area contributed by atoms with Gasteiger partial charge in [-0.3, -0.25) is 0 Å². The van der Waals surface area contributed by atoms with E-state index in [4.69, 9.17) is 41.7 Å². The summed E-state index contributed by atoms with van der Waals surface area (Å²) in [5.74, 6) is 0.293. The zero-order valence-electron chi connectivity index (χ0n) is 34.6. The lowest BCUT2D eigenvalue weighted by atomic mass is 9.76. The van der Waals surface area contributed by atoms with Crippen molar-refractivity contribution in [3.05, 3.63) is 0 Å². The minimum Gasteiger partial charge on any atom is -0.380 e. The number of rotatable bonds is 21. The Hall–Kier alpha value is 0.724. The predicted molar refractivity (Wildman–Crippen MR) is 224 cm³/mol. The summed E-state index contributed by atoms with van der Waals surface area (Å²) in [5.41, 5.74) is -0.00327. The maximum atomic E-state index is 7.34. The molecule has 0 saturated carbocycles. The number of epoxide rings is 1. The molecule has 9 atom stereocenters.